The van der Waals surface area contributed by atoms with Gasteiger partial charge in [-0.3, -0.25) is 33.6 Å². The van der Waals surface area contributed by atoms with Gasteiger partial charge in [-0.25, -0.2) is 0 Å². The zero-order valence-corrected chi connectivity index (χ0v) is 32.8. The third-order valence-corrected chi connectivity index (χ3v) is 11.3. The molecule has 0 spiro atoms. The Morgan fingerprint density at radius 3 is 2.15 bits per heavy atom. The van der Waals surface area contributed by atoms with Crippen molar-refractivity contribution in [2.45, 2.75) is 125 Å². The van der Waals surface area contributed by atoms with Crippen molar-refractivity contribution < 1.29 is 28.8 Å². The fraction of sp³-hybridized carbons (Fsp3) is 0.605. The number of nitrogens with one attached hydrogen (secondary N) is 2. The van der Waals surface area contributed by atoms with E-state index < -0.39 is 63.6 Å². The molecule has 1 saturated carbocycles. The monoisotopic (exact) mass is 729 g/mol. The maximum absolute atomic E-state index is 14.7. The summed E-state index contributed by atoms with van der Waals surface area (Å²) in [6, 6.07) is 12.1. The van der Waals surface area contributed by atoms with Crippen molar-refractivity contribution in [3.8, 4) is 0 Å². The van der Waals surface area contributed by atoms with Gasteiger partial charge in [0.15, 0.2) is 17.3 Å². The topological polar surface area (TPSA) is 151 Å². The minimum absolute atomic E-state index is 0.0538. The van der Waals surface area contributed by atoms with E-state index in [1.165, 1.54) is 18.2 Å². The molecule has 0 bridgehead atoms. The first kappa shape index (κ1) is 41.5. The predicted molar refractivity (Wildman–Crippen MR) is 204 cm³/mol. The van der Waals surface area contributed by atoms with Crippen LogP contribution in [-0.2, 0) is 24.0 Å². The summed E-state index contributed by atoms with van der Waals surface area (Å²) in [7, 11) is 0. The minimum atomic E-state index is -1.00. The summed E-state index contributed by atoms with van der Waals surface area (Å²) < 4.78 is 0. The van der Waals surface area contributed by atoms with Gasteiger partial charge >= 0.3 is 0 Å². The zero-order valence-electron chi connectivity index (χ0n) is 32.8. The van der Waals surface area contributed by atoms with Crippen LogP contribution in [-0.4, -0.2) is 63.5 Å². The Kier molecular flexibility index (Phi) is 13.6. The third kappa shape index (κ3) is 10.3. The minimum Gasteiger partial charge on any atom is -0.344 e. The van der Waals surface area contributed by atoms with E-state index in [9.17, 15) is 33.6 Å². The second-order valence-electron chi connectivity index (χ2n) is 17.5. The predicted octanol–water partition coefficient (Wildman–Crippen LogP) is 6.48. The number of pyridine rings is 1. The highest BCUT2D eigenvalue weighted by atomic mass is 16.2. The first-order chi connectivity index (χ1) is 24.8. The molecular weight excluding hydrogens is 670 g/mol. The molecule has 1 unspecified atom stereocenters. The Morgan fingerprint density at radius 1 is 0.868 bits per heavy atom. The van der Waals surface area contributed by atoms with Gasteiger partial charge in [0.1, 0.15) is 6.04 Å². The van der Waals surface area contributed by atoms with Crippen molar-refractivity contribution in [2.75, 3.05) is 6.54 Å². The Morgan fingerprint density at radius 2 is 1.55 bits per heavy atom. The number of carbonyl (C=O) groups excluding carboxylic acids is 6. The van der Waals surface area contributed by atoms with E-state index >= 15 is 0 Å². The summed E-state index contributed by atoms with van der Waals surface area (Å²) in [5.74, 6) is -4.08. The quantitative estimate of drug-likeness (QED) is 0.148. The molecule has 4 rings (SSSR count). The van der Waals surface area contributed by atoms with Crippen LogP contribution in [0.3, 0.4) is 0 Å². The van der Waals surface area contributed by atoms with Gasteiger partial charge in [-0.2, -0.15) is 0 Å². The number of Topliss-reactive ketones (excluding diaryl/α,β-unsaturated/α-hetero) is 4. The number of hydrogen-bond donors (Lipinski definition) is 2. The van der Waals surface area contributed by atoms with Crippen LogP contribution in [0, 0.1) is 34.5 Å². The number of carbonyl (C=O) groups is 6. The Bertz CT molecular complexity index is 1720. The molecule has 1 aliphatic heterocycles. The van der Waals surface area contributed by atoms with Crippen LogP contribution in [0.1, 0.15) is 129 Å². The van der Waals surface area contributed by atoms with Crippen LogP contribution < -0.4 is 10.9 Å². The SMILES string of the molecule is CCC[C@@H](CC(=O)[C@@H]1[C@H]2CCCC2CN1C(=O)[C@@H](NC(=O)[C@H](CC(=O)c1cccc(=O)[nH]1)C(C)(C)C)C(C)(C)C)C(=O)C(=O)C[C@@H](C)c1ccccc1. The Labute approximate surface area is 314 Å². The average Bonchev–Trinajstić information content (AvgIpc) is 3.70. The normalized spacial score (nSPS) is 20.9. The maximum atomic E-state index is 14.7. The van der Waals surface area contributed by atoms with Crippen LogP contribution in [0.2, 0.25) is 0 Å². The largest absolute Gasteiger partial charge is 0.344 e. The van der Waals surface area contributed by atoms with Crippen molar-refractivity contribution in [1.82, 2.24) is 15.2 Å². The number of aromatic nitrogens is 1. The fourth-order valence-corrected chi connectivity index (χ4v) is 8.24. The van der Waals surface area contributed by atoms with Gasteiger partial charge in [-0.05, 0) is 59.5 Å². The molecule has 2 aromatic rings. The number of fused-ring (bicyclic) bond motifs is 1. The molecule has 10 nitrogen and oxygen atoms in total. The fourth-order valence-electron chi connectivity index (χ4n) is 8.24. The van der Waals surface area contributed by atoms with E-state index in [4.69, 9.17) is 0 Å². The molecule has 2 amide bonds. The molecule has 7 atom stereocenters. The van der Waals surface area contributed by atoms with E-state index in [-0.39, 0.29) is 54.4 Å². The molecule has 0 radical (unpaired) electrons. The molecule has 1 saturated heterocycles. The first-order valence-corrected chi connectivity index (χ1v) is 19.3. The molecule has 10 heteroatoms. The number of benzene rings is 1. The Balaban J connectivity index is 1.55. The van der Waals surface area contributed by atoms with Crippen LogP contribution >= 0.6 is 0 Å². The summed E-state index contributed by atoms with van der Waals surface area (Å²) in [5, 5.41) is 3.00. The van der Waals surface area contributed by atoms with Crippen LogP contribution in [0.5, 0.6) is 0 Å². The summed E-state index contributed by atoms with van der Waals surface area (Å²) in [5.41, 5.74) is -0.754. The van der Waals surface area contributed by atoms with Gasteiger partial charge in [-0.15, -0.1) is 0 Å². The molecular formula is C43H59N3O7. The van der Waals surface area contributed by atoms with Crippen LogP contribution in [0.25, 0.3) is 0 Å². The van der Waals surface area contributed by atoms with Gasteiger partial charge < -0.3 is 15.2 Å². The molecule has 288 valence electrons. The van der Waals surface area contributed by atoms with E-state index in [1.54, 1.807) is 4.90 Å². The molecule has 1 aromatic carbocycles. The van der Waals surface area contributed by atoms with Gasteiger partial charge in [0.05, 0.1) is 17.7 Å². The van der Waals surface area contributed by atoms with Crippen molar-refractivity contribution in [3.63, 3.8) is 0 Å². The lowest BCUT2D eigenvalue weighted by molar-refractivity contribution is -0.146. The summed E-state index contributed by atoms with van der Waals surface area (Å²) in [4.78, 5) is 99.3. The molecule has 2 aliphatic rings. The molecule has 1 aromatic heterocycles. The molecule has 2 N–H and O–H groups in total. The summed E-state index contributed by atoms with van der Waals surface area (Å²) >= 11 is 0. The lowest BCUT2D eigenvalue weighted by Crippen LogP contribution is -2.59. The number of likely N-dealkylation sites (tertiary alicyclic amines) is 1. The van der Waals surface area contributed by atoms with Gasteiger partial charge in [0.25, 0.3) is 0 Å². The van der Waals surface area contributed by atoms with E-state index in [2.05, 4.69) is 10.3 Å². The number of amides is 2. The highest BCUT2D eigenvalue weighted by Gasteiger charge is 2.52. The first-order valence-electron chi connectivity index (χ1n) is 19.3. The number of rotatable bonds is 16. The number of hydrogen-bond acceptors (Lipinski definition) is 7. The maximum Gasteiger partial charge on any atom is 0.248 e. The van der Waals surface area contributed by atoms with Crippen LogP contribution in [0.4, 0.5) is 0 Å². The number of ketones is 4. The van der Waals surface area contributed by atoms with E-state index in [1.807, 2.05) is 85.7 Å². The van der Waals surface area contributed by atoms with E-state index in [0.29, 0.717) is 19.4 Å². The highest BCUT2D eigenvalue weighted by molar-refractivity contribution is 6.38. The van der Waals surface area contributed by atoms with Gasteiger partial charge in [0, 0.05) is 37.8 Å². The smallest absolute Gasteiger partial charge is 0.248 e. The zero-order chi connectivity index (χ0) is 39.2. The van der Waals surface area contributed by atoms with Gasteiger partial charge in [-0.1, -0.05) is 105 Å². The standard InChI is InChI=1S/C43H59N3O7/c1-9-15-28(38(51)35(49)22-26(2)27-16-11-10-12-17-27)23-34(48)37-30-19-13-18-29(30)25-46(37)41(53)39(43(6,7)8)45-40(52)31(42(3,4)5)24-33(47)32-20-14-21-36(50)44-32/h10-12,14,16-17,20-21,26,28-31,37,39H,9,13,15,18-19,22-25H2,1-8H3,(H,44,50)(H,45,52)/t26-,28+,29?,30+,31+,37+,39-/m1/s1. The van der Waals surface area contributed by atoms with Gasteiger partial charge in [0.2, 0.25) is 23.2 Å². The van der Waals surface area contributed by atoms with Crippen molar-refractivity contribution in [2.24, 2.45) is 34.5 Å². The van der Waals surface area contributed by atoms with Crippen molar-refractivity contribution in [1.29, 1.82) is 0 Å². The molecule has 2 heterocycles. The van der Waals surface area contributed by atoms with Crippen molar-refractivity contribution >= 4 is 34.9 Å². The molecule has 2 fully saturated rings. The number of nitrogens with zero attached hydrogens (tertiary/aromatic N) is 1. The summed E-state index contributed by atoms with van der Waals surface area (Å²) in [6.45, 7) is 15.3. The number of H-pyrrole nitrogens is 1. The van der Waals surface area contributed by atoms with Crippen LogP contribution in [0.15, 0.2) is 53.3 Å². The molecule has 1 aliphatic carbocycles. The second-order valence-corrected chi connectivity index (χ2v) is 17.5. The second kappa shape index (κ2) is 17.3. The average molecular weight is 730 g/mol. The third-order valence-electron chi connectivity index (χ3n) is 11.3. The summed E-state index contributed by atoms with van der Waals surface area (Å²) in [6.07, 6.45) is 3.41. The lowest BCUT2D eigenvalue weighted by atomic mass is 9.76. The number of aromatic amines is 1. The van der Waals surface area contributed by atoms with Crippen molar-refractivity contribution in [3.05, 3.63) is 70.1 Å². The Hall–Kier alpha value is -4.21. The highest BCUT2D eigenvalue weighted by Crippen LogP contribution is 2.44. The lowest BCUT2D eigenvalue weighted by Gasteiger charge is -2.38. The molecule has 53 heavy (non-hydrogen) atoms. The van der Waals surface area contributed by atoms with E-state index in [0.717, 1.165) is 24.8 Å².